The summed E-state index contributed by atoms with van der Waals surface area (Å²) in [5.41, 5.74) is -1.55. The fraction of sp³-hybridized carbons (Fsp3) is 0.533. The monoisotopic (exact) mass is 354 g/mol. The number of halogens is 5. The second-order valence-corrected chi connectivity index (χ2v) is 6.50. The number of esters is 1. The van der Waals surface area contributed by atoms with E-state index >= 15 is 0 Å². The third-order valence-electron chi connectivity index (χ3n) is 3.74. The Kier molecular flexibility index (Phi) is 6.26. The van der Waals surface area contributed by atoms with Gasteiger partial charge in [0.1, 0.15) is 5.56 Å². The van der Waals surface area contributed by atoms with Crippen LogP contribution < -0.4 is 0 Å². The minimum atomic E-state index is -2.30. The van der Waals surface area contributed by atoms with E-state index in [4.69, 9.17) is 0 Å². The lowest BCUT2D eigenvalue weighted by Crippen LogP contribution is -2.16. The van der Waals surface area contributed by atoms with Gasteiger partial charge in [0.25, 0.3) is 0 Å². The summed E-state index contributed by atoms with van der Waals surface area (Å²) in [5, 5.41) is 0. The lowest BCUT2D eigenvalue weighted by molar-refractivity contribution is 0.0478. The Hall–Kier alpha value is -1.31. The molecule has 2 nitrogen and oxygen atoms in total. The van der Waals surface area contributed by atoms with Crippen LogP contribution >= 0.6 is 11.8 Å². The van der Waals surface area contributed by atoms with Crippen molar-refractivity contribution in [1.82, 2.24) is 0 Å². The van der Waals surface area contributed by atoms with Crippen LogP contribution in [0, 0.1) is 35.0 Å². The molecule has 23 heavy (non-hydrogen) atoms. The minimum Gasteiger partial charge on any atom is -0.462 e. The zero-order valence-electron chi connectivity index (χ0n) is 12.1. The van der Waals surface area contributed by atoms with Crippen LogP contribution in [0.15, 0.2) is 0 Å². The fourth-order valence-corrected chi connectivity index (χ4v) is 3.63. The molecule has 2 rings (SSSR count). The molecule has 0 spiro atoms. The SMILES string of the molecule is O=C(OCCCC1CCSCC1)c1c(F)c(F)c(F)c(F)c1F. The molecule has 1 aliphatic rings. The van der Waals surface area contributed by atoms with Gasteiger partial charge in [-0.1, -0.05) is 0 Å². The van der Waals surface area contributed by atoms with Crippen LogP contribution in [0.2, 0.25) is 0 Å². The Bertz CT molecular complexity index is 559. The maximum absolute atomic E-state index is 13.4. The van der Waals surface area contributed by atoms with E-state index in [0.29, 0.717) is 12.3 Å². The summed E-state index contributed by atoms with van der Waals surface area (Å²) < 4.78 is 70.4. The molecule has 1 heterocycles. The fourth-order valence-electron chi connectivity index (χ4n) is 2.43. The zero-order chi connectivity index (χ0) is 17.0. The molecule has 0 N–H and O–H groups in total. The molecule has 0 aliphatic carbocycles. The van der Waals surface area contributed by atoms with Gasteiger partial charge >= 0.3 is 5.97 Å². The quantitative estimate of drug-likeness (QED) is 0.257. The van der Waals surface area contributed by atoms with Gasteiger partial charge in [0.15, 0.2) is 23.3 Å². The van der Waals surface area contributed by atoms with Crippen LogP contribution in [0.4, 0.5) is 22.0 Å². The molecule has 1 aromatic rings. The minimum absolute atomic E-state index is 0.123. The molecule has 0 bridgehead atoms. The maximum Gasteiger partial charge on any atom is 0.344 e. The van der Waals surface area contributed by atoms with Crippen molar-refractivity contribution in [2.45, 2.75) is 25.7 Å². The molecule has 0 amide bonds. The lowest BCUT2D eigenvalue weighted by Gasteiger charge is -2.20. The number of hydrogen-bond donors (Lipinski definition) is 0. The first-order chi connectivity index (χ1) is 10.9. The highest BCUT2D eigenvalue weighted by Crippen LogP contribution is 2.27. The largest absolute Gasteiger partial charge is 0.462 e. The third-order valence-corrected chi connectivity index (χ3v) is 4.79. The van der Waals surface area contributed by atoms with Crippen molar-refractivity contribution in [3.8, 4) is 0 Å². The highest BCUT2D eigenvalue weighted by molar-refractivity contribution is 7.99. The molecule has 0 radical (unpaired) electrons. The van der Waals surface area contributed by atoms with E-state index < -0.39 is 40.6 Å². The van der Waals surface area contributed by atoms with Crippen molar-refractivity contribution < 1.29 is 31.5 Å². The van der Waals surface area contributed by atoms with Crippen LogP contribution in [0.25, 0.3) is 0 Å². The van der Waals surface area contributed by atoms with Crippen molar-refractivity contribution in [1.29, 1.82) is 0 Å². The van der Waals surface area contributed by atoms with Crippen molar-refractivity contribution in [3.63, 3.8) is 0 Å². The van der Waals surface area contributed by atoms with Crippen molar-refractivity contribution in [2.24, 2.45) is 5.92 Å². The molecular weight excluding hydrogens is 339 g/mol. The predicted octanol–water partition coefficient (Wildman–Crippen LogP) is 4.46. The van der Waals surface area contributed by atoms with Gasteiger partial charge in [-0.2, -0.15) is 11.8 Å². The van der Waals surface area contributed by atoms with Gasteiger partial charge in [0, 0.05) is 0 Å². The van der Waals surface area contributed by atoms with Crippen molar-refractivity contribution in [2.75, 3.05) is 18.1 Å². The topological polar surface area (TPSA) is 26.3 Å². The molecule has 8 heteroatoms. The van der Waals surface area contributed by atoms with Crippen LogP contribution in [-0.4, -0.2) is 24.1 Å². The van der Waals surface area contributed by atoms with Gasteiger partial charge in [-0.25, -0.2) is 26.7 Å². The number of benzene rings is 1. The van der Waals surface area contributed by atoms with Crippen LogP contribution in [-0.2, 0) is 4.74 Å². The number of carbonyl (C=O) groups excluding carboxylic acids is 1. The van der Waals surface area contributed by atoms with E-state index in [-0.39, 0.29) is 6.61 Å². The summed E-state index contributed by atoms with van der Waals surface area (Å²) in [6.07, 6.45) is 3.41. The summed E-state index contributed by atoms with van der Waals surface area (Å²) in [6, 6.07) is 0. The Morgan fingerprint density at radius 3 is 2.04 bits per heavy atom. The van der Waals surface area contributed by atoms with Gasteiger partial charge in [-0.15, -0.1) is 0 Å². The first-order valence-corrected chi connectivity index (χ1v) is 8.35. The van der Waals surface area contributed by atoms with E-state index in [2.05, 4.69) is 4.74 Å². The highest BCUT2D eigenvalue weighted by Gasteiger charge is 2.30. The summed E-state index contributed by atoms with van der Waals surface area (Å²) in [4.78, 5) is 11.6. The Labute approximate surface area is 134 Å². The molecule has 0 saturated carbocycles. The van der Waals surface area contributed by atoms with Crippen LogP contribution in [0.1, 0.15) is 36.0 Å². The van der Waals surface area contributed by atoms with Crippen molar-refractivity contribution >= 4 is 17.7 Å². The molecular formula is C15H15F5O2S. The number of ether oxygens (including phenoxy) is 1. The van der Waals surface area contributed by atoms with E-state index in [1.165, 1.54) is 0 Å². The van der Waals surface area contributed by atoms with E-state index in [9.17, 15) is 26.7 Å². The van der Waals surface area contributed by atoms with Gasteiger partial charge in [-0.05, 0) is 43.1 Å². The summed E-state index contributed by atoms with van der Waals surface area (Å²) >= 11 is 1.88. The number of thioether (sulfide) groups is 1. The van der Waals surface area contributed by atoms with Crippen molar-refractivity contribution in [3.05, 3.63) is 34.6 Å². The molecule has 0 aromatic heterocycles. The smallest absolute Gasteiger partial charge is 0.344 e. The molecule has 0 atom stereocenters. The van der Waals surface area contributed by atoms with Gasteiger partial charge in [0.2, 0.25) is 5.82 Å². The number of carbonyl (C=O) groups is 1. The summed E-state index contributed by atoms with van der Waals surface area (Å²) in [6.45, 7) is -0.123. The molecule has 1 fully saturated rings. The van der Waals surface area contributed by atoms with E-state index in [0.717, 1.165) is 30.8 Å². The predicted molar refractivity (Wildman–Crippen MR) is 75.8 cm³/mol. The number of hydrogen-bond acceptors (Lipinski definition) is 3. The lowest BCUT2D eigenvalue weighted by atomic mass is 9.97. The van der Waals surface area contributed by atoms with Crippen LogP contribution in [0.3, 0.4) is 0 Å². The first-order valence-electron chi connectivity index (χ1n) is 7.19. The molecule has 0 unspecified atom stereocenters. The van der Waals surface area contributed by atoms with Crippen LogP contribution in [0.5, 0.6) is 0 Å². The Balaban J connectivity index is 1.93. The average Bonchev–Trinajstić information content (AvgIpc) is 2.56. The standard InChI is InChI=1S/C15H15F5O2S/c16-10-9(11(17)13(19)14(20)12(10)18)15(21)22-5-1-2-8-3-6-23-7-4-8/h8H,1-7H2. The van der Waals surface area contributed by atoms with E-state index in [1.807, 2.05) is 11.8 Å². The normalized spacial score (nSPS) is 15.7. The van der Waals surface area contributed by atoms with Gasteiger partial charge in [0.05, 0.1) is 6.61 Å². The molecule has 1 aliphatic heterocycles. The Morgan fingerprint density at radius 2 is 1.48 bits per heavy atom. The average molecular weight is 354 g/mol. The summed E-state index contributed by atoms with van der Waals surface area (Å²) in [5.74, 6) is -9.82. The summed E-state index contributed by atoms with van der Waals surface area (Å²) in [7, 11) is 0. The first kappa shape index (κ1) is 18.0. The van der Waals surface area contributed by atoms with E-state index in [1.54, 1.807) is 0 Å². The Morgan fingerprint density at radius 1 is 0.957 bits per heavy atom. The molecule has 128 valence electrons. The second kappa shape index (κ2) is 7.99. The van der Waals surface area contributed by atoms with Gasteiger partial charge < -0.3 is 4.74 Å². The zero-order valence-corrected chi connectivity index (χ0v) is 13.0. The maximum atomic E-state index is 13.4. The third kappa shape index (κ3) is 4.16. The second-order valence-electron chi connectivity index (χ2n) is 5.28. The highest BCUT2D eigenvalue weighted by atomic mass is 32.2. The molecule has 1 aromatic carbocycles. The van der Waals surface area contributed by atoms with Gasteiger partial charge in [-0.3, -0.25) is 0 Å². The molecule has 1 saturated heterocycles. The number of rotatable bonds is 5.